The van der Waals surface area contributed by atoms with E-state index < -0.39 is 0 Å². The highest BCUT2D eigenvalue weighted by molar-refractivity contribution is 6.18. The summed E-state index contributed by atoms with van der Waals surface area (Å²) in [6.45, 7) is 0. The Bertz CT molecular complexity index is 1960. The van der Waals surface area contributed by atoms with Gasteiger partial charge in [0.25, 0.3) is 0 Å². The molecular formula is C32H23N3. The van der Waals surface area contributed by atoms with Crippen LogP contribution < -0.4 is 17.2 Å². The van der Waals surface area contributed by atoms with E-state index in [9.17, 15) is 0 Å². The number of nitrogens with two attached hydrogens (primary N) is 3. The molecule has 0 unspecified atom stereocenters. The Balaban J connectivity index is 1.57. The molecule has 0 spiro atoms. The van der Waals surface area contributed by atoms with Crippen molar-refractivity contribution >= 4 is 70.9 Å². The minimum atomic E-state index is 0.569. The van der Waals surface area contributed by atoms with E-state index in [2.05, 4.69) is 91.0 Å². The molecule has 0 radical (unpaired) electrons. The van der Waals surface area contributed by atoms with Crippen LogP contribution in [0.2, 0.25) is 0 Å². The second kappa shape index (κ2) is 7.12. The summed E-state index contributed by atoms with van der Waals surface area (Å²) in [5.41, 5.74) is 22.4. The van der Waals surface area contributed by atoms with Crippen LogP contribution in [0, 0.1) is 0 Å². The van der Waals surface area contributed by atoms with Crippen LogP contribution in [0.3, 0.4) is 0 Å². The molecule has 166 valence electrons. The molecule has 35 heavy (non-hydrogen) atoms. The monoisotopic (exact) mass is 449 g/mol. The molecule has 6 N–H and O–H groups in total. The first-order chi connectivity index (χ1) is 17.0. The van der Waals surface area contributed by atoms with Crippen LogP contribution in [0.25, 0.3) is 65.0 Å². The number of hydrogen-bond acceptors (Lipinski definition) is 3. The SMILES string of the molecule is Nc1cc(N)c(-c2cccc3cc4ccc5cc6cc7ccccc7cc6cc5c4cc23)c(N)c1. The molecule has 3 heteroatoms. The fraction of sp³-hybridized carbons (Fsp3) is 0. The van der Waals surface area contributed by atoms with Crippen LogP contribution in [0.1, 0.15) is 0 Å². The fourth-order valence-electron chi connectivity index (χ4n) is 5.52. The van der Waals surface area contributed by atoms with Crippen LogP contribution in [-0.2, 0) is 0 Å². The molecule has 7 rings (SSSR count). The maximum absolute atomic E-state index is 6.40. The minimum absolute atomic E-state index is 0.569. The predicted molar refractivity (Wildman–Crippen MR) is 153 cm³/mol. The van der Waals surface area contributed by atoms with Gasteiger partial charge >= 0.3 is 0 Å². The summed E-state index contributed by atoms with van der Waals surface area (Å²) in [7, 11) is 0. The number of benzene rings is 7. The van der Waals surface area contributed by atoms with Gasteiger partial charge in [-0.05, 0) is 108 Å². The van der Waals surface area contributed by atoms with Gasteiger partial charge in [0.15, 0.2) is 0 Å². The molecule has 0 saturated heterocycles. The smallest absolute Gasteiger partial charge is 0.0435 e. The summed E-state index contributed by atoms with van der Waals surface area (Å²) in [5, 5.41) is 12.2. The third-order valence-electron chi connectivity index (χ3n) is 7.15. The standard InChI is InChI=1S/C32H23N3/c33-25-15-30(34)32(31(35)16-25)26-7-3-6-20-12-21-8-9-22-13-23-10-18-4-1-2-5-19(18)11-24(23)14-27(22)29(21)17-28(20)26/h1-17H,33-35H2. The molecule has 0 atom stereocenters. The third kappa shape index (κ3) is 2.99. The highest BCUT2D eigenvalue weighted by Crippen LogP contribution is 2.40. The zero-order chi connectivity index (χ0) is 23.7. The molecule has 0 aliphatic rings. The first-order valence-corrected chi connectivity index (χ1v) is 11.7. The normalized spacial score (nSPS) is 11.8. The van der Waals surface area contributed by atoms with Gasteiger partial charge in [-0.1, -0.05) is 54.6 Å². The molecule has 0 aromatic heterocycles. The Morgan fingerprint density at radius 3 is 1.57 bits per heavy atom. The lowest BCUT2D eigenvalue weighted by Crippen LogP contribution is -1.99. The second-order valence-electron chi connectivity index (χ2n) is 9.36. The number of rotatable bonds is 1. The average molecular weight is 450 g/mol. The van der Waals surface area contributed by atoms with E-state index in [1.165, 1.54) is 43.1 Å². The Morgan fingerprint density at radius 2 is 0.886 bits per heavy atom. The zero-order valence-electron chi connectivity index (χ0n) is 19.0. The van der Waals surface area contributed by atoms with Crippen molar-refractivity contribution in [3.63, 3.8) is 0 Å². The second-order valence-corrected chi connectivity index (χ2v) is 9.36. The van der Waals surface area contributed by atoms with Crippen molar-refractivity contribution in [1.82, 2.24) is 0 Å². The van der Waals surface area contributed by atoms with Gasteiger partial charge in [-0.3, -0.25) is 0 Å². The molecule has 7 aromatic carbocycles. The van der Waals surface area contributed by atoms with Crippen molar-refractivity contribution in [1.29, 1.82) is 0 Å². The molecule has 0 saturated carbocycles. The molecule has 0 amide bonds. The maximum atomic E-state index is 6.40. The molecule has 0 bridgehead atoms. The van der Waals surface area contributed by atoms with Gasteiger partial charge in [0.05, 0.1) is 0 Å². The van der Waals surface area contributed by atoms with E-state index in [4.69, 9.17) is 17.2 Å². The number of nitrogen functional groups attached to an aromatic ring is 3. The molecular weight excluding hydrogens is 426 g/mol. The zero-order valence-corrected chi connectivity index (χ0v) is 19.0. The molecule has 7 aromatic rings. The first-order valence-electron chi connectivity index (χ1n) is 11.7. The van der Waals surface area contributed by atoms with Crippen LogP contribution in [0.5, 0.6) is 0 Å². The largest absolute Gasteiger partial charge is 0.399 e. The minimum Gasteiger partial charge on any atom is -0.399 e. The lowest BCUT2D eigenvalue weighted by molar-refractivity contribution is 1.62. The van der Waals surface area contributed by atoms with E-state index in [0.29, 0.717) is 17.1 Å². The van der Waals surface area contributed by atoms with E-state index in [0.717, 1.165) is 21.9 Å². The van der Waals surface area contributed by atoms with Gasteiger partial charge in [0, 0.05) is 22.6 Å². The summed E-state index contributed by atoms with van der Waals surface area (Å²) in [6, 6.07) is 36.5. The molecule has 0 aliphatic carbocycles. The van der Waals surface area contributed by atoms with Crippen molar-refractivity contribution in [2.75, 3.05) is 17.2 Å². The van der Waals surface area contributed by atoms with Crippen molar-refractivity contribution in [3.05, 3.63) is 103 Å². The summed E-state index contributed by atoms with van der Waals surface area (Å²) < 4.78 is 0. The predicted octanol–water partition coefficient (Wildman–Crippen LogP) is 7.87. The van der Waals surface area contributed by atoms with Crippen molar-refractivity contribution in [3.8, 4) is 11.1 Å². The maximum Gasteiger partial charge on any atom is 0.0435 e. The number of fused-ring (bicyclic) bond motifs is 6. The average Bonchev–Trinajstić information content (AvgIpc) is 2.84. The molecule has 3 nitrogen and oxygen atoms in total. The van der Waals surface area contributed by atoms with Crippen LogP contribution in [-0.4, -0.2) is 0 Å². The van der Waals surface area contributed by atoms with Gasteiger partial charge in [0.1, 0.15) is 0 Å². The molecule has 0 heterocycles. The van der Waals surface area contributed by atoms with Gasteiger partial charge in [-0.2, -0.15) is 0 Å². The summed E-state index contributed by atoms with van der Waals surface area (Å²) in [4.78, 5) is 0. The van der Waals surface area contributed by atoms with Crippen LogP contribution in [0.4, 0.5) is 17.1 Å². The van der Waals surface area contributed by atoms with Crippen molar-refractivity contribution in [2.24, 2.45) is 0 Å². The van der Waals surface area contributed by atoms with E-state index in [1.54, 1.807) is 12.1 Å². The van der Waals surface area contributed by atoms with E-state index in [1.807, 2.05) is 0 Å². The van der Waals surface area contributed by atoms with Gasteiger partial charge < -0.3 is 17.2 Å². The summed E-state index contributed by atoms with van der Waals surface area (Å²) in [5.74, 6) is 0. The van der Waals surface area contributed by atoms with Gasteiger partial charge in [-0.25, -0.2) is 0 Å². The van der Waals surface area contributed by atoms with Crippen LogP contribution >= 0.6 is 0 Å². The van der Waals surface area contributed by atoms with E-state index >= 15 is 0 Å². The van der Waals surface area contributed by atoms with Crippen LogP contribution in [0.15, 0.2) is 103 Å². The lowest BCUT2D eigenvalue weighted by atomic mass is 9.91. The molecule has 0 aliphatic heterocycles. The Morgan fingerprint density at radius 1 is 0.371 bits per heavy atom. The Kier molecular flexibility index (Phi) is 4.00. The first kappa shape index (κ1) is 19.7. The summed E-state index contributed by atoms with van der Waals surface area (Å²) in [6.07, 6.45) is 0. The lowest BCUT2D eigenvalue weighted by Gasteiger charge is -2.15. The highest BCUT2D eigenvalue weighted by atomic mass is 14.7. The third-order valence-corrected chi connectivity index (χ3v) is 7.15. The number of anilines is 3. The van der Waals surface area contributed by atoms with E-state index in [-0.39, 0.29) is 0 Å². The quantitative estimate of drug-likeness (QED) is 0.136. The van der Waals surface area contributed by atoms with Crippen molar-refractivity contribution in [2.45, 2.75) is 0 Å². The van der Waals surface area contributed by atoms with Gasteiger partial charge in [-0.15, -0.1) is 0 Å². The number of hydrogen-bond donors (Lipinski definition) is 3. The Labute approximate surface area is 202 Å². The molecule has 0 fully saturated rings. The Hall–Kier alpha value is -4.76. The fourth-order valence-corrected chi connectivity index (χ4v) is 5.52. The van der Waals surface area contributed by atoms with Gasteiger partial charge in [0.2, 0.25) is 0 Å². The highest BCUT2D eigenvalue weighted by Gasteiger charge is 2.13. The van der Waals surface area contributed by atoms with Crippen molar-refractivity contribution < 1.29 is 0 Å². The topological polar surface area (TPSA) is 78.1 Å². The summed E-state index contributed by atoms with van der Waals surface area (Å²) >= 11 is 0.